The van der Waals surface area contributed by atoms with Crippen LogP contribution in [0.3, 0.4) is 0 Å². The van der Waals surface area contributed by atoms with Gasteiger partial charge >= 0.3 is 0 Å². The number of rotatable bonds is 2. The fourth-order valence-electron chi connectivity index (χ4n) is 3.80. The first-order chi connectivity index (χ1) is 10.9. The standard InChI is InChI=1S/C17H20F2N2O2/c1-10-4-3-5-11(2)20(10)15-9-16(22)21(17(15)23)12-6-7-13(18)14(19)8-12/h6-8,10-11,15H,3-5,9H2,1-2H3/t10-,11-,15+/m1/s1. The number of carbonyl (C=O) groups is 2. The van der Waals surface area contributed by atoms with Crippen LogP contribution in [0.15, 0.2) is 18.2 Å². The van der Waals surface area contributed by atoms with E-state index < -0.39 is 17.7 Å². The Morgan fingerprint density at radius 1 is 1.04 bits per heavy atom. The molecule has 0 aliphatic carbocycles. The van der Waals surface area contributed by atoms with E-state index in [0.717, 1.165) is 36.3 Å². The Morgan fingerprint density at radius 3 is 2.30 bits per heavy atom. The van der Waals surface area contributed by atoms with Crippen molar-refractivity contribution in [3.63, 3.8) is 0 Å². The second kappa shape index (κ2) is 6.00. The molecule has 0 bridgehead atoms. The lowest BCUT2D eigenvalue weighted by Crippen LogP contribution is -2.52. The Morgan fingerprint density at radius 2 is 1.70 bits per heavy atom. The minimum atomic E-state index is -1.06. The molecule has 2 heterocycles. The van der Waals surface area contributed by atoms with Crippen molar-refractivity contribution in [2.45, 2.75) is 57.7 Å². The van der Waals surface area contributed by atoms with Crippen molar-refractivity contribution in [3.8, 4) is 0 Å². The lowest BCUT2D eigenvalue weighted by atomic mass is 9.94. The first kappa shape index (κ1) is 16.1. The highest BCUT2D eigenvalue weighted by molar-refractivity contribution is 6.22. The van der Waals surface area contributed by atoms with Crippen LogP contribution in [0.2, 0.25) is 0 Å². The highest BCUT2D eigenvalue weighted by Gasteiger charge is 2.46. The van der Waals surface area contributed by atoms with Crippen LogP contribution in [0.5, 0.6) is 0 Å². The van der Waals surface area contributed by atoms with E-state index in [0.29, 0.717) is 0 Å². The average Bonchev–Trinajstić information content (AvgIpc) is 2.77. The van der Waals surface area contributed by atoms with Crippen LogP contribution >= 0.6 is 0 Å². The minimum Gasteiger partial charge on any atom is -0.286 e. The van der Waals surface area contributed by atoms with Crippen LogP contribution < -0.4 is 4.90 Å². The lowest BCUT2D eigenvalue weighted by molar-refractivity contribution is -0.124. The molecular weight excluding hydrogens is 302 g/mol. The van der Waals surface area contributed by atoms with Gasteiger partial charge in [-0.05, 0) is 38.8 Å². The number of piperidine rings is 1. The highest BCUT2D eigenvalue weighted by Crippen LogP contribution is 2.32. The maximum atomic E-state index is 13.4. The lowest BCUT2D eigenvalue weighted by Gasteiger charge is -2.41. The number of benzene rings is 1. The van der Waals surface area contributed by atoms with E-state index in [1.807, 2.05) is 0 Å². The molecule has 6 heteroatoms. The molecule has 3 rings (SSSR count). The molecule has 2 fully saturated rings. The van der Waals surface area contributed by atoms with Crippen LogP contribution in [-0.2, 0) is 9.59 Å². The zero-order chi connectivity index (χ0) is 16.7. The fourth-order valence-corrected chi connectivity index (χ4v) is 3.80. The molecule has 0 unspecified atom stereocenters. The minimum absolute atomic E-state index is 0.0898. The third-order valence-corrected chi connectivity index (χ3v) is 4.91. The molecule has 1 aromatic rings. The Balaban J connectivity index is 1.89. The maximum absolute atomic E-state index is 13.4. The number of nitrogens with zero attached hydrogens (tertiary/aromatic N) is 2. The van der Waals surface area contributed by atoms with Crippen LogP contribution in [0.4, 0.5) is 14.5 Å². The summed E-state index contributed by atoms with van der Waals surface area (Å²) in [6, 6.07) is 3.04. The molecule has 2 aliphatic heterocycles. The van der Waals surface area contributed by atoms with Crippen molar-refractivity contribution < 1.29 is 18.4 Å². The molecule has 23 heavy (non-hydrogen) atoms. The summed E-state index contributed by atoms with van der Waals surface area (Å²) in [6.07, 6.45) is 3.19. The smallest absolute Gasteiger partial charge is 0.251 e. The summed E-state index contributed by atoms with van der Waals surface area (Å²) in [7, 11) is 0. The van der Waals surface area contributed by atoms with Crippen molar-refractivity contribution >= 4 is 17.5 Å². The molecule has 0 saturated carbocycles. The van der Waals surface area contributed by atoms with E-state index in [2.05, 4.69) is 18.7 Å². The summed E-state index contributed by atoms with van der Waals surface area (Å²) in [5.41, 5.74) is 0.0960. The normalized spacial score (nSPS) is 29.4. The van der Waals surface area contributed by atoms with Gasteiger partial charge < -0.3 is 0 Å². The number of halogens is 2. The number of carbonyl (C=O) groups excluding carboxylic acids is 2. The summed E-state index contributed by atoms with van der Waals surface area (Å²) < 4.78 is 26.5. The molecule has 2 saturated heterocycles. The SMILES string of the molecule is C[C@@H]1CCC[C@@H](C)N1[C@H]1CC(=O)N(c2ccc(F)c(F)c2)C1=O. The van der Waals surface area contributed by atoms with Gasteiger partial charge in [-0.15, -0.1) is 0 Å². The summed E-state index contributed by atoms with van der Waals surface area (Å²) in [5, 5.41) is 0. The van der Waals surface area contributed by atoms with Gasteiger partial charge in [0.25, 0.3) is 5.91 Å². The second-order valence-corrected chi connectivity index (χ2v) is 6.46. The Labute approximate surface area is 134 Å². The van der Waals surface area contributed by atoms with Gasteiger partial charge in [-0.3, -0.25) is 14.5 Å². The molecule has 4 nitrogen and oxygen atoms in total. The van der Waals surface area contributed by atoms with Crippen LogP contribution in [0, 0.1) is 11.6 Å². The number of amides is 2. The molecule has 2 amide bonds. The predicted molar refractivity (Wildman–Crippen MR) is 81.9 cm³/mol. The topological polar surface area (TPSA) is 40.6 Å². The predicted octanol–water partition coefficient (Wildman–Crippen LogP) is 2.86. The van der Waals surface area contributed by atoms with Gasteiger partial charge in [0, 0.05) is 18.2 Å². The van der Waals surface area contributed by atoms with E-state index in [1.54, 1.807) is 0 Å². The van der Waals surface area contributed by atoms with Gasteiger partial charge in [-0.25, -0.2) is 13.7 Å². The van der Waals surface area contributed by atoms with Crippen LogP contribution in [0.1, 0.15) is 39.5 Å². The highest BCUT2D eigenvalue weighted by atomic mass is 19.2. The summed E-state index contributed by atoms with van der Waals surface area (Å²) in [4.78, 5) is 28.1. The summed E-state index contributed by atoms with van der Waals surface area (Å²) >= 11 is 0. The molecule has 0 N–H and O–H groups in total. The number of hydrogen-bond donors (Lipinski definition) is 0. The van der Waals surface area contributed by atoms with Gasteiger partial charge in [0.1, 0.15) is 0 Å². The monoisotopic (exact) mass is 322 g/mol. The number of imide groups is 1. The third-order valence-electron chi connectivity index (χ3n) is 4.91. The molecule has 0 radical (unpaired) electrons. The van der Waals surface area contributed by atoms with Crippen LogP contribution in [-0.4, -0.2) is 34.8 Å². The molecule has 2 aliphatic rings. The van der Waals surface area contributed by atoms with Gasteiger partial charge in [-0.2, -0.15) is 0 Å². The fraction of sp³-hybridized carbons (Fsp3) is 0.529. The first-order valence-corrected chi connectivity index (χ1v) is 7.99. The first-order valence-electron chi connectivity index (χ1n) is 7.99. The summed E-state index contributed by atoms with van der Waals surface area (Å²) in [6.45, 7) is 4.13. The Kier molecular flexibility index (Phi) is 4.19. The van der Waals surface area contributed by atoms with Crippen LogP contribution in [0.25, 0.3) is 0 Å². The molecule has 0 aromatic heterocycles. The van der Waals surface area contributed by atoms with Gasteiger partial charge in [0.05, 0.1) is 18.2 Å². The van der Waals surface area contributed by atoms with E-state index in [4.69, 9.17) is 0 Å². The van der Waals surface area contributed by atoms with E-state index >= 15 is 0 Å². The van der Waals surface area contributed by atoms with Crippen molar-refractivity contribution in [2.75, 3.05) is 4.90 Å². The average molecular weight is 322 g/mol. The third kappa shape index (κ3) is 2.76. The number of anilines is 1. The van der Waals surface area contributed by atoms with E-state index in [-0.39, 0.29) is 36.0 Å². The van der Waals surface area contributed by atoms with Gasteiger partial charge in [-0.1, -0.05) is 6.42 Å². The van der Waals surface area contributed by atoms with Crippen molar-refractivity contribution in [3.05, 3.63) is 29.8 Å². The van der Waals surface area contributed by atoms with Crippen molar-refractivity contribution in [1.82, 2.24) is 4.90 Å². The summed E-state index contributed by atoms with van der Waals surface area (Å²) in [5.74, 6) is -2.77. The molecular formula is C17H20F2N2O2. The van der Waals surface area contributed by atoms with Crippen molar-refractivity contribution in [1.29, 1.82) is 0 Å². The maximum Gasteiger partial charge on any atom is 0.251 e. The quantitative estimate of drug-likeness (QED) is 0.786. The zero-order valence-electron chi connectivity index (χ0n) is 13.3. The van der Waals surface area contributed by atoms with Gasteiger partial charge in [0.2, 0.25) is 5.91 Å². The second-order valence-electron chi connectivity index (χ2n) is 6.46. The molecule has 0 spiro atoms. The Bertz CT molecular complexity index is 639. The zero-order valence-corrected chi connectivity index (χ0v) is 13.3. The van der Waals surface area contributed by atoms with Crippen molar-refractivity contribution in [2.24, 2.45) is 0 Å². The largest absolute Gasteiger partial charge is 0.286 e. The number of hydrogen-bond acceptors (Lipinski definition) is 3. The Hall–Kier alpha value is -1.82. The molecule has 1 aromatic carbocycles. The van der Waals surface area contributed by atoms with E-state index in [1.165, 1.54) is 6.07 Å². The number of likely N-dealkylation sites (tertiary alicyclic amines) is 1. The molecule has 124 valence electrons. The van der Waals surface area contributed by atoms with E-state index in [9.17, 15) is 18.4 Å². The molecule has 3 atom stereocenters. The van der Waals surface area contributed by atoms with Gasteiger partial charge in [0.15, 0.2) is 11.6 Å².